The average molecular weight is 283 g/mol. The van der Waals surface area contributed by atoms with Gasteiger partial charge in [0.15, 0.2) is 0 Å². The van der Waals surface area contributed by atoms with Crippen LogP contribution in [0.4, 0.5) is 0 Å². The van der Waals surface area contributed by atoms with Crippen molar-refractivity contribution < 1.29 is 0 Å². The number of aromatic nitrogens is 2. The van der Waals surface area contributed by atoms with Gasteiger partial charge in [-0.05, 0) is 37.9 Å². The van der Waals surface area contributed by atoms with Crippen molar-refractivity contribution in [2.45, 2.75) is 50.1 Å². The van der Waals surface area contributed by atoms with E-state index in [0.717, 1.165) is 17.7 Å². The van der Waals surface area contributed by atoms with Crippen LogP contribution < -0.4 is 0 Å². The molecule has 100 valence electrons. The molecule has 0 aliphatic carbocycles. The number of rotatable bonds is 4. The minimum absolute atomic E-state index is 0.646. The highest BCUT2D eigenvalue weighted by molar-refractivity contribution is 7.99. The molecule has 3 heterocycles. The fraction of sp³-hybridized carbons (Fsp3) is 0.846. The van der Waals surface area contributed by atoms with Crippen molar-refractivity contribution in [1.82, 2.24) is 13.6 Å². The number of nitrogens with zero attached hydrogens (tertiary/aromatic N) is 3. The first-order valence-corrected chi connectivity index (χ1v) is 8.70. The minimum Gasteiger partial charge on any atom is -0.300 e. The number of piperidine rings is 1. The average Bonchev–Trinajstić information content (AvgIpc) is 2.96. The van der Waals surface area contributed by atoms with Gasteiger partial charge in [-0.15, -0.1) is 11.8 Å². The van der Waals surface area contributed by atoms with Gasteiger partial charge < -0.3 is 0 Å². The predicted molar refractivity (Wildman–Crippen MR) is 77.4 cm³/mol. The molecule has 1 aromatic rings. The largest absolute Gasteiger partial charge is 0.300 e. The normalized spacial score (nSPS) is 35.0. The van der Waals surface area contributed by atoms with Crippen molar-refractivity contribution in [1.29, 1.82) is 0 Å². The molecule has 1 aromatic heterocycles. The molecule has 0 radical (unpaired) electrons. The summed E-state index contributed by atoms with van der Waals surface area (Å²) in [6, 6.07) is 0.768. The Hall–Kier alpha value is -0.130. The monoisotopic (exact) mass is 283 g/mol. The Balaban J connectivity index is 1.77. The molecule has 4 unspecified atom stereocenters. The Labute approximate surface area is 118 Å². The maximum atomic E-state index is 4.62. The smallest absolute Gasteiger partial charge is 0.134 e. The summed E-state index contributed by atoms with van der Waals surface area (Å²) in [5.41, 5.74) is 1.31. The second kappa shape index (κ2) is 5.47. The Morgan fingerprint density at radius 2 is 2.22 bits per heavy atom. The molecule has 4 atom stereocenters. The Kier molecular flexibility index (Phi) is 3.91. The molecular formula is C13H21N3S2. The molecule has 2 aliphatic rings. The highest BCUT2D eigenvalue weighted by atomic mass is 32.2. The third-order valence-corrected chi connectivity index (χ3v) is 6.17. The lowest BCUT2D eigenvalue weighted by atomic mass is 9.88. The van der Waals surface area contributed by atoms with E-state index in [1.54, 1.807) is 0 Å². The number of hydrogen-bond donors (Lipinski definition) is 0. The summed E-state index contributed by atoms with van der Waals surface area (Å²) >= 11 is 3.29. The van der Waals surface area contributed by atoms with Gasteiger partial charge in [0, 0.05) is 25.0 Å². The molecule has 0 saturated carbocycles. The van der Waals surface area contributed by atoms with E-state index in [4.69, 9.17) is 0 Å². The van der Waals surface area contributed by atoms with Gasteiger partial charge in [-0.25, -0.2) is 0 Å². The lowest BCUT2D eigenvalue weighted by Crippen LogP contribution is -2.34. The van der Waals surface area contributed by atoms with E-state index in [0.29, 0.717) is 5.92 Å². The Morgan fingerprint density at radius 1 is 1.33 bits per heavy atom. The zero-order valence-electron chi connectivity index (χ0n) is 11.1. The summed E-state index contributed by atoms with van der Waals surface area (Å²) < 4.78 is 9.13. The molecule has 18 heavy (non-hydrogen) atoms. The third kappa shape index (κ3) is 2.32. The van der Waals surface area contributed by atoms with Gasteiger partial charge >= 0.3 is 0 Å². The first-order chi connectivity index (χ1) is 8.79. The van der Waals surface area contributed by atoms with Crippen LogP contribution in [0, 0.1) is 5.92 Å². The Morgan fingerprint density at radius 3 is 3.00 bits per heavy atom. The van der Waals surface area contributed by atoms with Crippen molar-refractivity contribution in [3.8, 4) is 0 Å². The summed E-state index contributed by atoms with van der Waals surface area (Å²) in [7, 11) is 0. The SMILES string of the molecule is CCCSc1nsnc1C1CN2CC1CCC2C. The second-order valence-electron chi connectivity index (χ2n) is 5.55. The van der Waals surface area contributed by atoms with Crippen LogP contribution in [-0.2, 0) is 0 Å². The van der Waals surface area contributed by atoms with Gasteiger partial charge in [0.05, 0.1) is 17.4 Å². The maximum absolute atomic E-state index is 4.62. The fourth-order valence-electron chi connectivity index (χ4n) is 3.22. The Bertz CT molecular complexity index is 407. The topological polar surface area (TPSA) is 29.0 Å². The second-order valence-corrected chi connectivity index (χ2v) is 7.16. The van der Waals surface area contributed by atoms with Crippen molar-refractivity contribution in [3.05, 3.63) is 5.69 Å². The minimum atomic E-state index is 0.646. The summed E-state index contributed by atoms with van der Waals surface area (Å²) in [5.74, 6) is 2.63. The van der Waals surface area contributed by atoms with Gasteiger partial charge in [-0.1, -0.05) is 6.92 Å². The fourth-order valence-corrected chi connectivity index (χ4v) is 4.85. The van der Waals surface area contributed by atoms with Crippen LogP contribution in [0.25, 0.3) is 0 Å². The molecule has 3 nitrogen and oxygen atoms in total. The highest BCUT2D eigenvalue weighted by Crippen LogP contribution is 2.42. The van der Waals surface area contributed by atoms with Crippen LogP contribution in [0.2, 0.25) is 0 Å². The van der Waals surface area contributed by atoms with Crippen molar-refractivity contribution >= 4 is 23.5 Å². The van der Waals surface area contributed by atoms with Gasteiger partial charge in [-0.2, -0.15) is 8.75 Å². The van der Waals surface area contributed by atoms with E-state index in [2.05, 4.69) is 27.5 Å². The standard InChI is InChI=1S/C13H21N3S2/c1-3-6-17-13-12(14-18-15-13)11-8-16-7-10(11)5-4-9(16)2/h9-11H,3-8H2,1-2H3. The van der Waals surface area contributed by atoms with Crippen LogP contribution in [0.5, 0.6) is 0 Å². The van der Waals surface area contributed by atoms with Crippen LogP contribution in [0.1, 0.15) is 44.7 Å². The zero-order chi connectivity index (χ0) is 12.5. The van der Waals surface area contributed by atoms with Crippen molar-refractivity contribution in [3.63, 3.8) is 0 Å². The molecule has 0 spiro atoms. The molecular weight excluding hydrogens is 262 g/mol. The number of hydrogen-bond acceptors (Lipinski definition) is 5. The maximum Gasteiger partial charge on any atom is 0.134 e. The molecule has 2 aliphatic heterocycles. The van der Waals surface area contributed by atoms with E-state index in [-0.39, 0.29) is 0 Å². The molecule has 2 fully saturated rings. The molecule has 2 saturated heterocycles. The van der Waals surface area contributed by atoms with Gasteiger partial charge in [0.25, 0.3) is 0 Å². The molecule has 3 rings (SSSR count). The zero-order valence-corrected chi connectivity index (χ0v) is 12.8. The van der Waals surface area contributed by atoms with E-state index >= 15 is 0 Å². The van der Waals surface area contributed by atoms with Crippen molar-refractivity contribution in [2.75, 3.05) is 18.8 Å². The summed E-state index contributed by atoms with van der Waals surface area (Å²) in [5, 5.41) is 1.22. The lowest BCUT2D eigenvalue weighted by Gasteiger charge is -2.28. The van der Waals surface area contributed by atoms with Crippen LogP contribution >= 0.6 is 23.5 Å². The van der Waals surface area contributed by atoms with Gasteiger partial charge in [0.1, 0.15) is 5.03 Å². The quantitative estimate of drug-likeness (QED) is 0.793. The summed E-state index contributed by atoms with van der Waals surface area (Å²) in [4.78, 5) is 2.65. The van der Waals surface area contributed by atoms with Crippen LogP contribution in [0.3, 0.4) is 0 Å². The highest BCUT2D eigenvalue weighted by Gasteiger charge is 2.41. The lowest BCUT2D eigenvalue weighted by molar-refractivity contribution is 0.195. The summed E-state index contributed by atoms with van der Waals surface area (Å²) in [6.07, 6.45) is 3.94. The van der Waals surface area contributed by atoms with Crippen LogP contribution in [0.15, 0.2) is 5.03 Å². The molecule has 2 bridgehead atoms. The molecule has 0 amide bonds. The van der Waals surface area contributed by atoms with E-state index in [1.807, 2.05) is 11.8 Å². The van der Waals surface area contributed by atoms with Crippen molar-refractivity contribution in [2.24, 2.45) is 5.92 Å². The van der Waals surface area contributed by atoms with Crippen LogP contribution in [-0.4, -0.2) is 38.5 Å². The summed E-state index contributed by atoms with van der Waals surface area (Å²) in [6.45, 7) is 7.07. The molecule has 0 aromatic carbocycles. The predicted octanol–water partition coefficient (Wildman–Crippen LogP) is 3.24. The first-order valence-electron chi connectivity index (χ1n) is 6.99. The van der Waals surface area contributed by atoms with Gasteiger partial charge in [-0.3, -0.25) is 4.90 Å². The van der Waals surface area contributed by atoms with E-state index in [1.165, 1.54) is 54.8 Å². The number of fused-ring (bicyclic) bond motifs is 2. The molecule has 5 heteroatoms. The third-order valence-electron chi connectivity index (χ3n) is 4.32. The molecule has 0 N–H and O–H groups in total. The first kappa shape index (κ1) is 12.9. The number of thioether (sulfide) groups is 1. The van der Waals surface area contributed by atoms with E-state index < -0.39 is 0 Å². The van der Waals surface area contributed by atoms with Gasteiger partial charge in [0.2, 0.25) is 0 Å². The van der Waals surface area contributed by atoms with E-state index in [9.17, 15) is 0 Å².